The van der Waals surface area contributed by atoms with Crippen molar-refractivity contribution in [2.45, 2.75) is 18.2 Å². The second-order valence-corrected chi connectivity index (χ2v) is 5.18. The second kappa shape index (κ2) is 3.97. The van der Waals surface area contributed by atoms with Crippen LogP contribution in [0.5, 0.6) is 0 Å². The summed E-state index contributed by atoms with van der Waals surface area (Å²) in [7, 11) is 0.475. The first-order chi connectivity index (χ1) is 6.75. The summed E-state index contributed by atoms with van der Waals surface area (Å²) in [6, 6.07) is 0. The predicted octanol–water partition coefficient (Wildman–Crippen LogP) is 2.39. The molecular weight excluding hydrogens is 255 g/mol. The number of nitrogens with zero attached hydrogens (tertiary/aromatic N) is 1. The average Bonchev–Trinajstić information content (AvgIpc) is 2.05. The largest absolute Gasteiger partial charge is 0.268 e. The molecule has 1 aromatic heterocycles. The number of aromatic nitrogens is 1. The van der Waals surface area contributed by atoms with Gasteiger partial charge in [-0.15, -0.1) is 0 Å². The van der Waals surface area contributed by atoms with Crippen molar-refractivity contribution in [3.05, 3.63) is 23.3 Å². The van der Waals surface area contributed by atoms with Crippen LogP contribution < -0.4 is 0 Å². The van der Waals surface area contributed by atoms with Gasteiger partial charge in [0.2, 0.25) is 0 Å². The molecule has 0 aromatic carbocycles. The van der Waals surface area contributed by atoms with E-state index in [0.29, 0.717) is 6.20 Å². The van der Waals surface area contributed by atoms with Gasteiger partial charge >= 0.3 is 0 Å². The van der Waals surface area contributed by atoms with Crippen LogP contribution in [0.2, 0.25) is 0 Å². The van der Waals surface area contributed by atoms with E-state index in [0.717, 1.165) is 6.92 Å². The van der Waals surface area contributed by atoms with Crippen molar-refractivity contribution in [3.63, 3.8) is 0 Å². The Morgan fingerprint density at radius 2 is 2.00 bits per heavy atom. The monoisotopic (exact) mass is 259 g/mol. The molecule has 1 rings (SSSR count). The number of halogens is 4. The number of hydrogen-bond acceptors (Lipinski definition) is 3. The van der Waals surface area contributed by atoms with Gasteiger partial charge in [-0.1, -0.05) is 0 Å². The molecule has 0 unspecified atom stereocenters. The van der Waals surface area contributed by atoms with Gasteiger partial charge in [-0.2, -0.15) is 0 Å². The molecule has 1 heterocycles. The third-order valence-electron chi connectivity index (χ3n) is 1.66. The molecule has 0 saturated carbocycles. The van der Waals surface area contributed by atoms with Gasteiger partial charge in [-0.05, 0) is 6.92 Å². The first-order valence-corrected chi connectivity index (χ1v) is 5.94. The Morgan fingerprint density at radius 3 is 2.33 bits per heavy atom. The molecule has 3 nitrogen and oxygen atoms in total. The summed E-state index contributed by atoms with van der Waals surface area (Å²) in [6.45, 7) is 1.15. The van der Waals surface area contributed by atoms with Crippen molar-refractivity contribution in [2.75, 3.05) is 0 Å². The fraction of sp³-hybridized carbons (Fsp3) is 0.286. The van der Waals surface area contributed by atoms with Gasteiger partial charge in [0, 0.05) is 10.7 Å². The standard InChI is InChI=1S/C7H5ClF3NO2S/c1-3-6(15(8,13)14)5(7(10)11)4(9)2-12-3/h2,7H,1H3. The highest BCUT2D eigenvalue weighted by molar-refractivity contribution is 8.13. The highest BCUT2D eigenvalue weighted by Gasteiger charge is 2.28. The topological polar surface area (TPSA) is 47.0 Å². The molecular formula is C7H5ClF3NO2S. The van der Waals surface area contributed by atoms with Gasteiger partial charge < -0.3 is 0 Å². The van der Waals surface area contributed by atoms with Crippen LogP contribution in [0.4, 0.5) is 13.2 Å². The molecule has 0 spiro atoms. The van der Waals surface area contributed by atoms with Crippen molar-refractivity contribution in [1.82, 2.24) is 4.98 Å². The van der Waals surface area contributed by atoms with E-state index in [-0.39, 0.29) is 5.69 Å². The van der Waals surface area contributed by atoms with Crippen molar-refractivity contribution < 1.29 is 21.6 Å². The van der Waals surface area contributed by atoms with Crippen LogP contribution in [0.15, 0.2) is 11.1 Å². The van der Waals surface area contributed by atoms with E-state index in [1.807, 2.05) is 0 Å². The van der Waals surface area contributed by atoms with Gasteiger partial charge in [-0.3, -0.25) is 4.98 Å². The van der Waals surface area contributed by atoms with Crippen LogP contribution in [0.1, 0.15) is 17.7 Å². The highest BCUT2D eigenvalue weighted by atomic mass is 35.7. The number of hydrogen-bond donors (Lipinski definition) is 0. The minimum Gasteiger partial charge on any atom is -0.257 e. The van der Waals surface area contributed by atoms with Crippen LogP contribution in [-0.4, -0.2) is 13.4 Å². The lowest BCUT2D eigenvalue weighted by molar-refractivity contribution is 0.142. The van der Waals surface area contributed by atoms with E-state index >= 15 is 0 Å². The quantitative estimate of drug-likeness (QED) is 0.766. The van der Waals surface area contributed by atoms with Gasteiger partial charge in [0.15, 0.2) is 5.82 Å². The molecule has 1 aromatic rings. The normalized spacial score (nSPS) is 12.1. The van der Waals surface area contributed by atoms with Crippen molar-refractivity contribution in [2.24, 2.45) is 0 Å². The van der Waals surface area contributed by atoms with Crippen molar-refractivity contribution in [3.8, 4) is 0 Å². The first-order valence-electron chi connectivity index (χ1n) is 3.63. The Hall–Kier alpha value is -0.820. The third-order valence-corrected chi connectivity index (χ3v) is 3.13. The van der Waals surface area contributed by atoms with Gasteiger partial charge in [0.25, 0.3) is 15.5 Å². The predicted molar refractivity (Wildman–Crippen MR) is 46.9 cm³/mol. The first kappa shape index (κ1) is 12.3. The third kappa shape index (κ3) is 2.40. The molecule has 84 valence electrons. The van der Waals surface area contributed by atoms with Crippen LogP contribution in [0, 0.1) is 12.7 Å². The molecule has 0 aliphatic rings. The Labute approximate surface area is 88.3 Å². The number of pyridine rings is 1. The summed E-state index contributed by atoms with van der Waals surface area (Å²) in [5.41, 5.74) is -1.50. The Morgan fingerprint density at radius 1 is 1.47 bits per heavy atom. The maximum atomic E-state index is 12.9. The minimum atomic E-state index is -4.44. The molecule has 0 N–H and O–H groups in total. The van der Waals surface area contributed by atoms with Crippen LogP contribution in [-0.2, 0) is 9.05 Å². The van der Waals surface area contributed by atoms with E-state index in [1.165, 1.54) is 0 Å². The molecule has 0 fully saturated rings. The smallest absolute Gasteiger partial charge is 0.257 e. The van der Waals surface area contributed by atoms with E-state index in [4.69, 9.17) is 10.7 Å². The fourth-order valence-electron chi connectivity index (χ4n) is 1.10. The molecule has 0 aliphatic heterocycles. The molecule has 0 aliphatic carbocycles. The Balaban J connectivity index is 3.68. The summed E-state index contributed by atoms with van der Waals surface area (Å²) in [4.78, 5) is 2.36. The van der Waals surface area contributed by atoms with Crippen molar-refractivity contribution >= 4 is 19.7 Å². The maximum Gasteiger partial charge on any atom is 0.268 e. The second-order valence-electron chi connectivity index (χ2n) is 2.67. The summed E-state index contributed by atoms with van der Waals surface area (Å²) >= 11 is 0. The average molecular weight is 260 g/mol. The number of alkyl halides is 2. The molecule has 15 heavy (non-hydrogen) atoms. The van der Waals surface area contributed by atoms with E-state index in [9.17, 15) is 21.6 Å². The van der Waals surface area contributed by atoms with E-state index in [2.05, 4.69) is 4.98 Å². The number of rotatable bonds is 2. The molecule has 8 heteroatoms. The lowest BCUT2D eigenvalue weighted by Crippen LogP contribution is -2.06. The van der Waals surface area contributed by atoms with Crippen LogP contribution in [0.3, 0.4) is 0 Å². The SMILES string of the molecule is Cc1ncc(F)c(C(F)F)c1S(=O)(=O)Cl. The maximum absolute atomic E-state index is 12.9. The summed E-state index contributed by atoms with van der Waals surface area (Å²) in [5.74, 6) is -1.39. The summed E-state index contributed by atoms with van der Waals surface area (Å²) in [6.07, 6.45) is -2.74. The lowest BCUT2D eigenvalue weighted by atomic mass is 10.2. The molecule has 0 amide bonds. The zero-order valence-electron chi connectivity index (χ0n) is 7.34. The Kier molecular flexibility index (Phi) is 3.25. The van der Waals surface area contributed by atoms with E-state index in [1.54, 1.807) is 0 Å². The van der Waals surface area contributed by atoms with Gasteiger partial charge in [-0.25, -0.2) is 21.6 Å². The van der Waals surface area contributed by atoms with Crippen LogP contribution in [0.25, 0.3) is 0 Å². The summed E-state index contributed by atoms with van der Waals surface area (Å²) in [5, 5.41) is 0. The van der Waals surface area contributed by atoms with Crippen LogP contribution >= 0.6 is 10.7 Å². The minimum absolute atomic E-state index is 0.262. The van der Waals surface area contributed by atoms with E-state index < -0.39 is 31.8 Å². The zero-order chi connectivity index (χ0) is 11.8. The molecule has 0 bridgehead atoms. The molecule has 0 saturated heterocycles. The van der Waals surface area contributed by atoms with Crippen molar-refractivity contribution in [1.29, 1.82) is 0 Å². The molecule has 0 radical (unpaired) electrons. The lowest BCUT2D eigenvalue weighted by Gasteiger charge is -2.08. The van der Waals surface area contributed by atoms with Gasteiger partial charge in [0.05, 0.1) is 17.5 Å². The zero-order valence-corrected chi connectivity index (χ0v) is 8.91. The Bertz CT molecular complexity index is 489. The highest BCUT2D eigenvalue weighted by Crippen LogP contribution is 2.32. The number of aryl methyl sites for hydroxylation is 1. The van der Waals surface area contributed by atoms with Gasteiger partial charge in [0.1, 0.15) is 4.90 Å². The fourth-order valence-corrected chi connectivity index (χ4v) is 2.54. The molecule has 0 atom stereocenters. The summed E-state index contributed by atoms with van der Waals surface area (Å²) < 4.78 is 59.7.